The van der Waals surface area contributed by atoms with Crippen molar-refractivity contribution in [3.63, 3.8) is 0 Å². The lowest BCUT2D eigenvalue weighted by Crippen LogP contribution is -2.42. The van der Waals surface area contributed by atoms with Gasteiger partial charge in [-0.25, -0.2) is 4.79 Å². The van der Waals surface area contributed by atoms with Crippen LogP contribution in [0.3, 0.4) is 0 Å². The molecule has 0 spiro atoms. The number of hydrogen-bond donors (Lipinski definition) is 3. The molecule has 0 aliphatic carbocycles. The van der Waals surface area contributed by atoms with E-state index in [2.05, 4.69) is 5.32 Å². The highest BCUT2D eigenvalue weighted by Gasteiger charge is 2.24. The number of carbonyl (C=O) groups excluding carboxylic acids is 1. The second kappa shape index (κ2) is 5.99. The summed E-state index contributed by atoms with van der Waals surface area (Å²) in [7, 11) is 0. The van der Waals surface area contributed by atoms with Crippen molar-refractivity contribution in [1.29, 1.82) is 0 Å². The fourth-order valence-corrected chi connectivity index (χ4v) is 1.61. The Kier molecular flexibility index (Phi) is 4.63. The molecule has 1 rings (SSSR count). The Morgan fingerprint density at radius 3 is 2.37 bits per heavy atom. The van der Waals surface area contributed by atoms with Gasteiger partial charge in [-0.05, 0) is 31.0 Å². The van der Waals surface area contributed by atoms with Gasteiger partial charge in [0.15, 0.2) is 0 Å². The maximum atomic E-state index is 11.9. The van der Waals surface area contributed by atoms with E-state index in [1.165, 1.54) is 0 Å². The van der Waals surface area contributed by atoms with Crippen LogP contribution < -0.4 is 5.32 Å². The molecule has 0 aliphatic rings. The lowest BCUT2D eigenvalue weighted by Gasteiger charge is -2.14. The largest absolute Gasteiger partial charge is 0.481 e. The second-order valence-corrected chi connectivity index (χ2v) is 4.21. The summed E-state index contributed by atoms with van der Waals surface area (Å²) < 4.78 is 0. The van der Waals surface area contributed by atoms with E-state index in [0.717, 1.165) is 11.1 Å². The maximum Gasteiger partial charge on any atom is 0.326 e. The number of hydrogen-bond acceptors (Lipinski definition) is 3. The van der Waals surface area contributed by atoms with Gasteiger partial charge in [0.1, 0.15) is 6.04 Å². The van der Waals surface area contributed by atoms with Crippen LogP contribution >= 0.6 is 0 Å². The van der Waals surface area contributed by atoms with E-state index in [9.17, 15) is 14.4 Å². The first kappa shape index (κ1) is 14.7. The molecule has 1 aromatic carbocycles. The van der Waals surface area contributed by atoms with Crippen LogP contribution in [-0.2, 0) is 9.59 Å². The Morgan fingerprint density at radius 1 is 1.21 bits per heavy atom. The normalized spacial score (nSPS) is 11.7. The van der Waals surface area contributed by atoms with Crippen molar-refractivity contribution >= 4 is 17.8 Å². The number of amides is 1. The van der Waals surface area contributed by atoms with Gasteiger partial charge in [-0.3, -0.25) is 9.59 Å². The zero-order valence-electron chi connectivity index (χ0n) is 10.6. The smallest absolute Gasteiger partial charge is 0.326 e. The minimum atomic E-state index is -1.44. The first-order valence-electron chi connectivity index (χ1n) is 5.64. The van der Waals surface area contributed by atoms with Crippen molar-refractivity contribution in [2.24, 2.45) is 0 Å². The molecule has 1 aromatic rings. The first-order valence-corrected chi connectivity index (χ1v) is 5.64. The molecule has 0 saturated carbocycles. The minimum absolute atomic E-state index is 0.344. The molecule has 102 valence electrons. The lowest BCUT2D eigenvalue weighted by atomic mass is 10.0. The fraction of sp³-hybridized carbons (Fsp3) is 0.308. The molecular weight excluding hydrogens is 250 g/mol. The van der Waals surface area contributed by atoms with Crippen molar-refractivity contribution in [2.75, 3.05) is 0 Å². The number of carbonyl (C=O) groups is 3. The number of carboxylic acids is 2. The summed E-state index contributed by atoms with van der Waals surface area (Å²) in [5, 5.41) is 19.7. The van der Waals surface area contributed by atoms with Crippen LogP contribution in [0.25, 0.3) is 0 Å². The Hall–Kier alpha value is -2.37. The molecular formula is C13H15NO5. The van der Waals surface area contributed by atoms with Crippen molar-refractivity contribution in [3.05, 3.63) is 34.9 Å². The number of aliphatic carboxylic acids is 2. The third kappa shape index (κ3) is 3.80. The van der Waals surface area contributed by atoms with Gasteiger partial charge < -0.3 is 15.5 Å². The van der Waals surface area contributed by atoms with Gasteiger partial charge in [-0.1, -0.05) is 12.1 Å². The fourth-order valence-electron chi connectivity index (χ4n) is 1.61. The van der Waals surface area contributed by atoms with Gasteiger partial charge in [0.05, 0.1) is 6.42 Å². The van der Waals surface area contributed by atoms with Crippen molar-refractivity contribution in [1.82, 2.24) is 5.32 Å². The molecule has 0 unspecified atom stereocenters. The van der Waals surface area contributed by atoms with E-state index in [-0.39, 0.29) is 0 Å². The second-order valence-electron chi connectivity index (χ2n) is 4.21. The minimum Gasteiger partial charge on any atom is -0.481 e. The van der Waals surface area contributed by atoms with Crippen molar-refractivity contribution in [2.45, 2.75) is 26.3 Å². The van der Waals surface area contributed by atoms with Crippen LogP contribution in [0.5, 0.6) is 0 Å². The summed E-state index contributed by atoms with van der Waals surface area (Å²) in [5.74, 6) is -3.25. The quantitative estimate of drug-likeness (QED) is 0.735. The van der Waals surface area contributed by atoms with Gasteiger partial charge in [-0.15, -0.1) is 0 Å². The van der Waals surface area contributed by atoms with Crippen molar-refractivity contribution < 1.29 is 24.6 Å². The number of rotatable bonds is 5. The topological polar surface area (TPSA) is 104 Å². The Labute approximate surface area is 110 Å². The molecule has 0 fully saturated rings. The Morgan fingerprint density at radius 2 is 1.84 bits per heavy atom. The van der Waals surface area contributed by atoms with Gasteiger partial charge in [0, 0.05) is 5.56 Å². The predicted octanol–water partition coefficient (Wildman–Crippen LogP) is 0.961. The standard InChI is InChI=1S/C13H15NO5/c1-7-4-3-5-9(8(7)2)12(17)14-10(13(18)19)6-11(15)16/h3-5,10H,6H2,1-2H3,(H,14,17)(H,15,16)(H,18,19)/t10-/m1/s1. The highest BCUT2D eigenvalue weighted by atomic mass is 16.4. The molecule has 1 amide bonds. The zero-order valence-corrected chi connectivity index (χ0v) is 10.6. The summed E-state index contributed by atoms with van der Waals surface area (Å²) in [6, 6.07) is 3.64. The Bertz CT molecular complexity index is 524. The summed E-state index contributed by atoms with van der Waals surface area (Å²) >= 11 is 0. The van der Waals surface area contributed by atoms with Gasteiger partial charge in [-0.2, -0.15) is 0 Å². The molecule has 0 saturated heterocycles. The SMILES string of the molecule is Cc1cccc(C(=O)N[C@H](CC(=O)O)C(=O)O)c1C. The van der Waals surface area contributed by atoms with Crippen molar-refractivity contribution in [3.8, 4) is 0 Å². The molecule has 6 heteroatoms. The van der Waals surface area contributed by atoms with E-state index < -0.39 is 30.3 Å². The van der Waals surface area contributed by atoms with E-state index >= 15 is 0 Å². The molecule has 6 nitrogen and oxygen atoms in total. The molecule has 3 N–H and O–H groups in total. The van der Waals surface area contributed by atoms with E-state index in [1.807, 2.05) is 13.0 Å². The molecule has 0 bridgehead atoms. The number of benzene rings is 1. The summed E-state index contributed by atoms with van der Waals surface area (Å²) in [5.41, 5.74) is 1.98. The molecule has 0 aromatic heterocycles. The number of aryl methyl sites for hydroxylation is 1. The monoisotopic (exact) mass is 265 g/mol. The van der Waals surface area contributed by atoms with Crippen LogP contribution in [0.2, 0.25) is 0 Å². The third-order valence-electron chi connectivity index (χ3n) is 2.83. The molecule has 0 radical (unpaired) electrons. The van der Waals surface area contributed by atoms with E-state index in [0.29, 0.717) is 5.56 Å². The third-order valence-corrected chi connectivity index (χ3v) is 2.83. The zero-order chi connectivity index (χ0) is 14.6. The maximum absolute atomic E-state index is 11.9. The number of nitrogens with one attached hydrogen (secondary N) is 1. The molecule has 19 heavy (non-hydrogen) atoms. The summed E-state index contributed by atoms with van der Waals surface area (Å²) in [6.07, 6.45) is -0.661. The van der Waals surface area contributed by atoms with Crippen LogP contribution in [-0.4, -0.2) is 34.1 Å². The van der Waals surface area contributed by atoms with Crippen LogP contribution in [0, 0.1) is 13.8 Å². The average molecular weight is 265 g/mol. The lowest BCUT2D eigenvalue weighted by molar-refractivity contribution is -0.145. The average Bonchev–Trinajstić information content (AvgIpc) is 2.31. The summed E-state index contributed by atoms with van der Waals surface area (Å²) in [4.78, 5) is 33.4. The van der Waals surface area contributed by atoms with E-state index in [1.54, 1.807) is 19.1 Å². The molecule has 0 aliphatic heterocycles. The van der Waals surface area contributed by atoms with Gasteiger partial charge in [0.2, 0.25) is 0 Å². The molecule has 0 heterocycles. The van der Waals surface area contributed by atoms with Crippen LogP contribution in [0.1, 0.15) is 27.9 Å². The Balaban J connectivity index is 2.91. The molecule has 1 atom stereocenters. The van der Waals surface area contributed by atoms with Gasteiger partial charge in [0.25, 0.3) is 5.91 Å². The highest BCUT2D eigenvalue weighted by molar-refractivity contribution is 5.98. The summed E-state index contributed by atoms with van der Waals surface area (Å²) in [6.45, 7) is 3.58. The van der Waals surface area contributed by atoms with Gasteiger partial charge >= 0.3 is 11.9 Å². The van der Waals surface area contributed by atoms with E-state index in [4.69, 9.17) is 10.2 Å². The number of carboxylic acid groups (broad SMARTS) is 2. The van der Waals surface area contributed by atoms with Crippen LogP contribution in [0.15, 0.2) is 18.2 Å². The highest BCUT2D eigenvalue weighted by Crippen LogP contribution is 2.12. The van der Waals surface area contributed by atoms with Crippen LogP contribution in [0.4, 0.5) is 0 Å². The first-order chi connectivity index (χ1) is 8.82. The predicted molar refractivity (Wildman–Crippen MR) is 67.1 cm³/mol.